The second-order valence-electron chi connectivity index (χ2n) is 4.74. The SMILES string of the molecule is Nc1ncc2c(n1)CN(S(=O)(=O)c1ccc(Cl)cc1)CC2. The van der Waals surface area contributed by atoms with Crippen molar-refractivity contribution in [1.29, 1.82) is 0 Å². The average molecular weight is 325 g/mol. The minimum atomic E-state index is -3.56. The number of anilines is 1. The van der Waals surface area contributed by atoms with Crippen LogP contribution in [0.4, 0.5) is 5.95 Å². The van der Waals surface area contributed by atoms with Crippen molar-refractivity contribution < 1.29 is 8.42 Å². The van der Waals surface area contributed by atoms with E-state index in [1.807, 2.05) is 0 Å². The van der Waals surface area contributed by atoms with Gasteiger partial charge in [0, 0.05) is 17.8 Å². The fourth-order valence-corrected chi connectivity index (χ4v) is 3.78. The number of nitrogens with zero attached hydrogens (tertiary/aromatic N) is 3. The molecule has 0 saturated heterocycles. The van der Waals surface area contributed by atoms with Crippen LogP contribution in [0, 0.1) is 0 Å². The van der Waals surface area contributed by atoms with E-state index in [0.717, 1.165) is 5.56 Å². The Kier molecular flexibility index (Phi) is 3.56. The van der Waals surface area contributed by atoms with Crippen molar-refractivity contribution in [3.05, 3.63) is 46.7 Å². The number of fused-ring (bicyclic) bond motifs is 1. The molecule has 0 fully saturated rings. The van der Waals surface area contributed by atoms with Gasteiger partial charge in [0.1, 0.15) is 0 Å². The van der Waals surface area contributed by atoms with Gasteiger partial charge in [-0.25, -0.2) is 18.4 Å². The van der Waals surface area contributed by atoms with E-state index in [1.54, 1.807) is 18.3 Å². The number of hydrogen-bond donors (Lipinski definition) is 1. The maximum atomic E-state index is 12.6. The quantitative estimate of drug-likeness (QED) is 0.903. The number of nitrogen functional groups attached to an aromatic ring is 1. The zero-order valence-corrected chi connectivity index (χ0v) is 12.6. The number of rotatable bonds is 2. The second kappa shape index (κ2) is 5.25. The molecule has 0 bridgehead atoms. The van der Waals surface area contributed by atoms with Gasteiger partial charge < -0.3 is 5.73 Å². The molecule has 110 valence electrons. The Bertz CT molecular complexity index is 777. The summed E-state index contributed by atoms with van der Waals surface area (Å²) in [6.45, 7) is 0.595. The number of halogens is 1. The van der Waals surface area contributed by atoms with E-state index in [2.05, 4.69) is 9.97 Å². The van der Waals surface area contributed by atoms with Gasteiger partial charge in [0.25, 0.3) is 0 Å². The number of hydrogen-bond acceptors (Lipinski definition) is 5. The molecular formula is C13H13ClN4O2S. The first kappa shape index (κ1) is 14.2. The van der Waals surface area contributed by atoms with Crippen LogP contribution >= 0.6 is 11.6 Å². The van der Waals surface area contributed by atoms with Crippen molar-refractivity contribution in [2.45, 2.75) is 17.9 Å². The molecule has 2 aromatic rings. The first-order valence-electron chi connectivity index (χ1n) is 6.33. The maximum absolute atomic E-state index is 12.6. The molecule has 2 heterocycles. The highest BCUT2D eigenvalue weighted by molar-refractivity contribution is 7.89. The lowest BCUT2D eigenvalue weighted by Gasteiger charge is -2.27. The van der Waals surface area contributed by atoms with E-state index in [-0.39, 0.29) is 17.4 Å². The van der Waals surface area contributed by atoms with Crippen LogP contribution in [-0.2, 0) is 23.0 Å². The van der Waals surface area contributed by atoms with Crippen molar-refractivity contribution in [2.75, 3.05) is 12.3 Å². The Labute approximate surface area is 127 Å². The van der Waals surface area contributed by atoms with Crippen LogP contribution in [0.3, 0.4) is 0 Å². The Hall–Kier alpha value is -1.70. The topological polar surface area (TPSA) is 89.2 Å². The molecule has 1 aliphatic heterocycles. The first-order chi connectivity index (χ1) is 9.96. The lowest BCUT2D eigenvalue weighted by molar-refractivity contribution is 0.385. The minimum Gasteiger partial charge on any atom is -0.368 e. The lowest BCUT2D eigenvalue weighted by atomic mass is 10.1. The zero-order valence-electron chi connectivity index (χ0n) is 11.0. The van der Waals surface area contributed by atoms with Gasteiger partial charge in [-0.2, -0.15) is 4.31 Å². The van der Waals surface area contributed by atoms with Crippen LogP contribution < -0.4 is 5.73 Å². The smallest absolute Gasteiger partial charge is 0.243 e. The Morgan fingerprint density at radius 3 is 2.67 bits per heavy atom. The van der Waals surface area contributed by atoms with Crippen molar-refractivity contribution in [2.24, 2.45) is 0 Å². The third kappa shape index (κ3) is 2.72. The minimum absolute atomic E-state index is 0.152. The van der Waals surface area contributed by atoms with Gasteiger partial charge in [-0.05, 0) is 36.2 Å². The summed E-state index contributed by atoms with van der Waals surface area (Å²) >= 11 is 5.79. The summed E-state index contributed by atoms with van der Waals surface area (Å²) in [5.74, 6) is 0.152. The summed E-state index contributed by atoms with van der Waals surface area (Å²) < 4.78 is 26.6. The predicted molar refractivity (Wildman–Crippen MR) is 79.2 cm³/mol. The van der Waals surface area contributed by atoms with Crippen LogP contribution in [0.5, 0.6) is 0 Å². The van der Waals surface area contributed by atoms with Gasteiger partial charge in [-0.3, -0.25) is 0 Å². The van der Waals surface area contributed by atoms with Crippen molar-refractivity contribution in [3.63, 3.8) is 0 Å². The second-order valence-corrected chi connectivity index (χ2v) is 7.12. The normalized spacial score (nSPS) is 15.7. The fourth-order valence-electron chi connectivity index (χ4n) is 2.26. The largest absolute Gasteiger partial charge is 0.368 e. The van der Waals surface area contributed by atoms with Crippen molar-refractivity contribution in [1.82, 2.24) is 14.3 Å². The molecule has 0 saturated carbocycles. The highest BCUT2D eigenvalue weighted by atomic mass is 35.5. The summed E-state index contributed by atoms with van der Waals surface area (Å²) in [6.07, 6.45) is 2.23. The molecule has 3 rings (SSSR count). The molecular weight excluding hydrogens is 312 g/mol. The van der Waals surface area contributed by atoms with Crippen molar-refractivity contribution >= 4 is 27.6 Å². The summed E-state index contributed by atoms with van der Waals surface area (Å²) in [5, 5.41) is 0.499. The zero-order chi connectivity index (χ0) is 15.0. The third-order valence-electron chi connectivity index (χ3n) is 3.38. The fraction of sp³-hybridized carbons (Fsp3) is 0.231. The molecule has 1 aromatic heterocycles. The molecule has 0 radical (unpaired) electrons. The van der Waals surface area contributed by atoms with E-state index in [9.17, 15) is 8.42 Å². The molecule has 0 spiro atoms. The number of nitrogens with two attached hydrogens (primary N) is 1. The van der Waals surface area contributed by atoms with Gasteiger partial charge in [-0.15, -0.1) is 0 Å². The molecule has 8 heteroatoms. The predicted octanol–water partition coefficient (Wildman–Crippen LogP) is 1.46. The van der Waals surface area contributed by atoms with Crippen LogP contribution in [0.1, 0.15) is 11.3 Å². The van der Waals surface area contributed by atoms with E-state index in [4.69, 9.17) is 17.3 Å². The van der Waals surface area contributed by atoms with E-state index in [1.165, 1.54) is 16.4 Å². The molecule has 6 nitrogen and oxygen atoms in total. The Morgan fingerprint density at radius 1 is 1.24 bits per heavy atom. The van der Waals surface area contributed by atoms with Gasteiger partial charge >= 0.3 is 0 Å². The van der Waals surface area contributed by atoms with Gasteiger partial charge in [0.2, 0.25) is 16.0 Å². The summed E-state index contributed by atoms with van der Waals surface area (Å²) in [7, 11) is -3.56. The van der Waals surface area contributed by atoms with Gasteiger partial charge in [0.15, 0.2) is 0 Å². The molecule has 1 aromatic carbocycles. The summed E-state index contributed by atoms with van der Waals surface area (Å²) in [5.41, 5.74) is 7.15. The molecule has 0 aliphatic carbocycles. The number of benzene rings is 1. The first-order valence-corrected chi connectivity index (χ1v) is 8.14. The van der Waals surface area contributed by atoms with Gasteiger partial charge in [0.05, 0.1) is 17.1 Å². The average Bonchev–Trinajstić information content (AvgIpc) is 2.47. The van der Waals surface area contributed by atoms with E-state index >= 15 is 0 Å². The molecule has 21 heavy (non-hydrogen) atoms. The monoisotopic (exact) mass is 324 g/mol. The van der Waals surface area contributed by atoms with E-state index in [0.29, 0.717) is 23.7 Å². The van der Waals surface area contributed by atoms with Crippen LogP contribution in [0.2, 0.25) is 5.02 Å². The van der Waals surface area contributed by atoms with Crippen LogP contribution in [0.25, 0.3) is 0 Å². The summed E-state index contributed by atoms with van der Waals surface area (Å²) in [6, 6.07) is 6.13. The third-order valence-corrected chi connectivity index (χ3v) is 5.49. The molecule has 0 amide bonds. The van der Waals surface area contributed by atoms with E-state index < -0.39 is 10.0 Å². The molecule has 0 unspecified atom stereocenters. The summed E-state index contributed by atoms with van der Waals surface area (Å²) in [4.78, 5) is 8.28. The lowest BCUT2D eigenvalue weighted by Crippen LogP contribution is -2.36. The highest BCUT2D eigenvalue weighted by Crippen LogP contribution is 2.24. The standard InChI is InChI=1S/C13H13ClN4O2S/c14-10-1-3-11(4-2-10)21(19,20)18-6-5-9-7-16-13(15)17-12(9)8-18/h1-4,7H,5-6,8H2,(H2,15,16,17). The molecule has 2 N–H and O–H groups in total. The van der Waals surface area contributed by atoms with Crippen LogP contribution in [0.15, 0.2) is 35.4 Å². The highest BCUT2D eigenvalue weighted by Gasteiger charge is 2.29. The van der Waals surface area contributed by atoms with Gasteiger partial charge in [-0.1, -0.05) is 11.6 Å². The Balaban J connectivity index is 1.93. The molecule has 1 aliphatic rings. The van der Waals surface area contributed by atoms with Crippen LogP contribution in [-0.4, -0.2) is 29.2 Å². The Morgan fingerprint density at radius 2 is 1.95 bits per heavy atom. The molecule has 0 atom stereocenters. The number of sulfonamides is 1. The van der Waals surface area contributed by atoms with Crippen molar-refractivity contribution in [3.8, 4) is 0 Å². The number of aromatic nitrogens is 2. The maximum Gasteiger partial charge on any atom is 0.243 e.